The number of nitrogens with zero attached hydrogens (tertiary/aromatic N) is 1. The first-order valence-corrected chi connectivity index (χ1v) is 4.93. The van der Waals surface area contributed by atoms with Crippen LogP contribution in [0.25, 0.3) is 10.9 Å². The standard InChI is InChI=1S/C9H5ClIN/c10-7-3-1-6-2-4-9(11)12-8(6)5-7/h1-5H. The third-order valence-corrected chi connectivity index (χ3v) is 2.46. The summed E-state index contributed by atoms with van der Waals surface area (Å²) in [6.45, 7) is 0. The maximum absolute atomic E-state index is 5.83. The molecule has 12 heavy (non-hydrogen) atoms. The molecular formula is C9H5ClIN. The molecule has 1 nitrogen and oxygen atoms in total. The molecule has 0 bridgehead atoms. The zero-order chi connectivity index (χ0) is 8.55. The van der Waals surface area contributed by atoms with Crippen molar-refractivity contribution in [1.82, 2.24) is 4.98 Å². The van der Waals surface area contributed by atoms with Crippen LogP contribution in [0.4, 0.5) is 0 Å². The Morgan fingerprint density at radius 3 is 2.75 bits per heavy atom. The van der Waals surface area contributed by atoms with E-state index in [1.807, 2.05) is 30.3 Å². The zero-order valence-electron chi connectivity index (χ0n) is 6.09. The van der Waals surface area contributed by atoms with Crippen molar-refractivity contribution in [2.45, 2.75) is 0 Å². The largest absolute Gasteiger partial charge is 0.242 e. The fraction of sp³-hybridized carbons (Fsp3) is 0. The Morgan fingerprint density at radius 1 is 1.17 bits per heavy atom. The highest BCUT2D eigenvalue weighted by Gasteiger charge is 1.95. The summed E-state index contributed by atoms with van der Waals surface area (Å²) in [5.74, 6) is 0. The Hall–Kier alpha value is -0.350. The number of aromatic nitrogens is 1. The fourth-order valence-corrected chi connectivity index (χ4v) is 1.67. The summed E-state index contributed by atoms with van der Waals surface area (Å²) in [5, 5.41) is 1.86. The van der Waals surface area contributed by atoms with E-state index in [-0.39, 0.29) is 0 Å². The molecule has 0 spiro atoms. The normalized spacial score (nSPS) is 10.5. The highest BCUT2D eigenvalue weighted by molar-refractivity contribution is 14.1. The molecule has 0 saturated carbocycles. The predicted octanol–water partition coefficient (Wildman–Crippen LogP) is 3.49. The molecule has 0 radical (unpaired) electrons. The van der Waals surface area contributed by atoms with Gasteiger partial charge in [0.05, 0.1) is 5.52 Å². The van der Waals surface area contributed by atoms with Crippen molar-refractivity contribution in [3.8, 4) is 0 Å². The molecular weight excluding hydrogens is 284 g/mol. The quantitative estimate of drug-likeness (QED) is 0.534. The Balaban J connectivity index is 2.80. The molecule has 0 atom stereocenters. The van der Waals surface area contributed by atoms with E-state index in [1.165, 1.54) is 0 Å². The van der Waals surface area contributed by atoms with Gasteiger partial charge in [-0.2, -0.15) is 0 Å². The van der Waals surface area contributed by atoms with Gasteiger partial charge in [-0.05, 0) is 40.8 Å². The lowest BCUT2D eigenvalue weighted by Crippen LogP contribution is -1.81. The van der Waals surface area contributed by atoms with E-state index in [0.29, 0.717) is 0 Å². The molecule has 0 N–H and O–H groups in total. The predicted molar refractivity (Wildman–Crippen MR) is 59.5 cm³/mol. The topological polar surface area (TPSA) is 12.9 Å². The summed E-state index contributed by atoms with van der Waals surface area (Å²) in [5.41, 5.74) is 0.953. The van der Waals surface area contributed by atoms with Crippen molar-refractivity contribution in [3.05, 3.63) is 39.1 Å². The maximum Gasteiger partial charge on any atom is 0.102 e. The molecule has 0 aliphatic carbocycles. The van der Waals surface area contributed by atoms with Gasteiger partial charge < -0.3 is 0 Å². The fourth-order valence-electron chi connectivity index (χ4n) is 1.07. The van der Waals surface area contributed by atoms with E-state index in [0.717, 1.165) is 19.6 Å². The van der Waals surface area contributed by atoms with Crippen molar-refractivity contribution in [3.63, 3.8) is 0 Å². The molecule has 0 aliphatic rings. The van der Waals surface area contributed by atoms with Crippen LogP contribution < -0.4 is 0 Å². The van der Waals surface area contributed by atoms with Crippen molar-refractivity contribution >= 4 is 45.1 Å². The third-order valence-electron chi connectivity index (χ3n) is 1.62. The first-order valence-electron chi connectivity index (χ1n) is 3.47. The van der Waals surface area contributed by atoms with Crippen molar-refractivity contribution in [1.29, 1.82) is 0 Å². The van der Waals surface area contributed by atoms with Crippen molar-refractivity contribution < 1.29 is 0 Å². The van der Waals surface area contributed by atoms with Crippen LogP contribution in [0.3, 0.4) is 0 Å². The summed E-state index contributed by atoms with van der Waals surface area (Å²) in [6, 6.07) is 9.75. The molecule has 1 heterocycles. The van der Waals surface area contributed by atoms with Gasteiger partial charge in [0.1, 0.15) is 3.70 Å². The highest BCUT2D eigenvalue weighted by Crippen LogP contribution is 2.18. The lowest BCUT2D eigenvalue weighted by molar-refractivity contribution is 1.35. The number of halogens is 2. The average molecular weight is 290 g/mol. The minimum absolute atomic E-state index is 0.733. The third kappa shape index (κ3) is 1.54. The van der Waals surface area contributed by atoms with E-state index in [9.17, 15) is 0 Å². The number of hydrogen-bond donors (Lipinski definition) is 0. The first kappa shape index (κ1) is 8.26. The molecule has 60 valence electrons. The van der Waals surface area contributed by atoms with Crippen LogP contribution in [0.2, 0.25) is 5.02 Å². The monoisotopic (exact) mass is 289 g/mol. The van der Waals surface area contributed by atoms with E-state index in [4.69, 9.17) is 11.6 Å². The summed E-state index contributed by atoms with van der Waals surface area (Å²) in [4.78, 5) is 4.34. The number of hydrogen-bond acceptors (Lipinski definition) is 1. The van der Waals surface area contributed by atoms with Gasteiger partial charge in [0.15, 0.2) is 0 Å². The molecule has 1 aromatic heterocycles. The molecule has 0 aliphatic heterocycles. The second-order valence-electron chi connectivity index (χ2n) is 2.47. The Bertz CT molecular complexity index is 391. The van der Waals surface area contributed by atoms with Crippen LogP contribution in [0.5, 0.6) is 0 Å². The van der Waals surface area contributed by atoms with Gasteiger partial charge in [0.25, 0.3) is 0 Å². The van der Waals surface area contributed by atoms with Gasteiger partial charge in [-0.1, -0.05) is 23.7 Å². The van der Waals surface area contributed by atoms with Gasteiger partial charge in [-0.3, -0.25) is 0 Å². The second-order valence-corrected chi connectivity index (χ2v) is 4.01. The smallest absolute Gasteiger partial charge is 0.102 e. The first-order chi connectivity index (χ1) is 5.75. The van der Waals surface area contributed by atoms with Crippen LogP contribution >= 0.6 is 34.2 Å². The lowest BCUT2D eigenvalue weighted by atomic mass is 10.2. The molecule has 2 rings (SSSR count). The van der Waals surface area contributed by atoms with Crippen molar-refractivity contribution in [2.75, 3.05) is 0 Å². The van der Waals surface area contributed by atoms with Crippen LogP contribution in [0.15, 0.2) is 30.3 Å². The molecule has 3 heteroatoms. The second kappa shape index (κ2) is 3.18. The molecule has 0 unspecified atom stereocenters. The van der Waals surface area contributed by atoms with Crippen molar-refractivity contribution in [2.24, 2.45) is 0 Å². The van der Waals surface area contributed by atoms with E-state index in [1.54, 1.807) is 0 Å². The number of rotatable bonds is 0. The van der Waals surface area contributed by atoms with Gasteiger partial charge >= 0.3 is 0 Å². The van der Waals surface area contributed by atoms with Gasteiger partial charge in [0.2, 0.25) is 0 Å². The number of pyridine rings is 1. The van der Waals surface area contributed by atoms with E-state index >= 15 is 0 Å². The zero-order valence-corrected chi connectivity index (χ0v) is 9.00. The minimum Gasteiger partial charge on any atom is -0.242 e. The average Bonchev–Trinajstić information content (AvgIpc) is 2.03. The van der Waals surface area contributed by atoms with E-state index in [2.05, 4.69) is 27.6 Å². The number of benzene rings is 1. The number of fused-ring (bicyclic) bond motifs is 1. The summed E-state index contributed by atoms with van der Waals surface area (Å²) in [7, 11) is 0. The van der Waals surface area contributed by atoms with E-state index < -0.39 is 0 Å². The lowest BCUT2D eigenvalue weighted by Gasteiger charge is -1.97. The molecule has 1 aromatic carbocycles. The van der Waals surface area contributed by atoms with Crippen LogP contribution in [-0.4, -0.2) is 4.98 Å². The van der Waals surface area contributed by atoms with Crippen LogP contribution in [-0.2, 0) is 0 Å². The SMILES string of the molecule is Clc1ccc2ccc(I)nc2c1. The van der Waals surface area contributed by atoms with Gasteiger partial charge in [0, 0.05) is 10.4 Å². The van der Waals surface area contributed by atoms with Gasteiger partial charge in [-0.25, -0.2) is 4.98 Å². The van der Waals surface area contributed by atoms with Gasteiger partial charge in [-0.15, -0.1) is 0 Å². The Morgan fingerprint density at radius 2 is 1.92 bits per heavy atom. The highest BCUT2D eigenvalue weighted by atomic mass is 127. The van der Waals surface area contributed by atoms with Crippen LogP contribution in [0, 0.1) is 3.70 Å². The minimum atomic E-state index is 0.733. The Kier molecular flexibility index (Phi) is 2.19. The summed E-state index contributed by atoms with van der Waals surface area (Å²) < 4.78 is 0.988. The molecule has 0 fully saturated rings. The summed E-state index contributed by atoms with van der Waals surface area (Å²) >= 11 is 8.01. The summed E-state index contributed by atoms with van der Waals surface area (Å²) in [6.07, 6.45) is 0. The maximum atomic E-state index is 5.83. The molecule has 2 aromatic rings. The molecule has 0 amide bonds. The molecule has 0 saturated heterocycles. The van der Waals surface area contributed by atoms with Crippen LogP contribution in [0.1, 0.15) is 0 Å². The Labute approximate surface area is 88.9 Å².